The van der Waals surface area contributed by atoms with Crippen LogP contribution in [0.3, 0.4) is 0 Å². The summed E-state index contributed by atoms with van der Waals surface area (Å²) in [6.07, 6.45) is 0.624. The van der Waals surface area contributed by atoms with E-state index in [4.69, 9.17) is 14.0 Å². The Kier molecular flexibility index (Phi) is 8.11. The molecular weight excluding hydrogens is 402 g/mol. The van der Waals surface area contributed by atoms with Gasteiger partial charge in [-0.05, 0) is 36.2 Å². The summed E-state index contributed by atoms with van der Waals surface area (Å²) in [5.74, 6) is 0.212. The van der Waals surface area contributed by atoms with Crippen LogP contribution < -0.4 is 0 Å². The molecule has 2 aromatic carbocycles. The van der Waals surface area contributed by atoms with E-state index in [0.29, 0.717) is 13.2 Å². The van der Waals surface area contributed by atoms with Crippen molar-refractivity contribution in [1.82, 2.24) is 5.06 Å². The standard InChI is InChI=1S/C26H39NO3Si/c1-7-28-25-18-24(27(30-25)19-21-14-10-8-11-15-21)23(22-16-12-9-13-17-22)20-29-31(5,6)26(2,3)4/h8-17,23-25H,7,18-20H2,1-6H3/t23-,24-,25?/m0/s1. The van der Waals surface area contributed by atoms with Gasteiger partial charge in [0, 0.05) is 38.1 Å². The van der Waals surface area contributed by atoms with E-state index < -0.39 is 8.32 Å². The summed E-state index contributed by atoms with van der Waals surface area (Å²) in [7, 11) is -1.87. The number of benzene rings is 2. The Labute approximate surface area is 189 Å². The van der Waals surface area contributed by atoms with E-state index in [9.17, 15) is 0 Å². The van der Waals surface area contributed by atoms with Crippen LogP contribution in [0.2, 0.25) is 18.1 Å². The van der Waals surface area contributed by atoms with Crippen LogP contribution in [0.15, 0.2) is 60.7 Å². The molecule has 0 saturated carbocycles. The van der Waals surface area contributed by atoms with Crippen LogP contribution >= 0.6 is 0 Å². The van der Waals surface area contributed by atoms with Crippen molar-refractivity contribution in [3.63, 3.8) is 0 Å². The van der Waals surface area contributed by atoms with Gasteiger partial charge in [-0.3, -0.25) is 4.84 Å². The molecule has 2 aromatic rings. The SMILES string of the molecule is CCOC1C[C@@H]([C@@H](CO[Si](C)(C)C(C)(C)C)c2ccccc2)N(Cc2ccccc2)O1. The molecule has 3 rings (SSSR count). The van der Waals surface area contributed by atoms with E-state index in [1.54, 1.807) is 0 Å². The molecule has 0 N–H and O–H groups in total. The minimum Gasteiger partial charge on any atom is -0.416 e. The van der Waals surface area contributed by atoms with Crippen LogP contribution in [-0.2, 0) is 20.5 Å². The lowest BCUT2D eigenvalue weighted by Gasteiger charge is -2.39. The highest BCUT2D eigenvalue weighted by Crippen LogP contribution is 2.40. The molecule has 31 heavy (non-hydrogen) atoms. The van der Waals surface area contributed by atoms with Crippen molar-refractivity contribution in [3.8, 4) is 0 Å². The van der Waals surface area contributed by atoms with Crippen molar-refractivity contribution in [2.75, 3.05) is 13.2 Å². The molecule has 4 nitrogen and oxygen atoms in total. The van der Waals surface area contributed by atoms with Gasteiger partial charge in [-0.2, -0.15) is 5.06 Å². The van der Waals surface area contributed by atoms with Gasteiger partial charge in [0.25, 0.3) is 0 Å². The van der Waals surface area contributed by atoms with Crippen LogP contribution in [0.5, 0.6) is 0 Å². The van der Waals surface area contributed by atoms with Gasteiger partial charge in [-0.1, -0.05) is 81.4 Å². The molecule has 0 amide bonds. The summed E-state index contributed by atoms with van der Waals surface area (Å²) < 4.78 is 12.6. The van der Waals surface area contributed by atoms with Gasteiger partial charge in [0.1, 0.15) is 0 Å². The lowest BCUT2D eigenvalue weighted by Crippen LogP contribution is -2.44. The summed E-state index contributed by atoms with van der Waals surface area (Å²) >= 11 is 0. The number of hydroxylamine groups is 2. The molecular formula is C26H39NO3Si. The molecule has 5 heteroatoms. The van der Waals surface area contributed by atoms with E-state index in [-0.39, 0.29) is 23.3 Å². The molecule has 0 spiro atoms. The Bertz CT molecular complexity index is 791. The summed E-state index contributed by atoms with van der Waals surface area (Å²) in [4.78, 5) is 6.29. The predicted octanol–water partition coefficient (Wildman–Crippen LogP) is 6.36. The second-order valence-electron chi connectivity index (χ2n) is 9.94. The zero-order valence-electron chi connectivity index (χ0n) is 20.0. The van der Waals surface area contributed by atoms with Gasteiger partial charge >= 0.3 is 0 Å². The Morgan fingerprint density at radius 3 is 2.23 bits per heavy atom. The van der Waals surface area contributed by atoms with Crippen molar-refractivity contribution < 1.29 is 14.0 Å². The van der Waals surface area contributed by atoms with E-state index >= 15 is 0 Å². The maximum absolute atomic E-state index is 6.73. The van der Waals surface area contributed by atoms with Gasteiger partial charge in [-0.15, -0.1) is 0 Å². The summed E-state index contributed by atoms with van der Waals surface area (Å²) in [5.41, 5.74) is 2.53. The lowest BCUT2D eigenvalue weighted by molar-refractivity contribution is -0.244. The predicted molar refractivity (Wildman–Crippen MR) is 129 cm³/mol. The van der Waals surface area contributed by atoms with E-state index in [0.717, 1.165) is 13.0 Å². The minimum absolute atomic E-state index is 0.179. The maximum Gasteiger partial charge on any atom is 0.192 e. The molecule has 3 atom stereocenters. The molecule has 1 aliphatic heterocycles. The second-order valence-corrected chi connectivity index (χ2v) is 14.8. The zero-order valence-corrected chi connectivity index (χ0v) is 21.0. The quantitative estimate of drug-likeness (QED) is 0.424. The third-order valence-electron chi connectivity index (χ3n) is 6.71. The molecule has 0 aliphatic carbocycles. The number of ether oxygens (including phenoxy) is 1. The summed E-state index contributed by atoms with van der Waals surface area (Å²) in [5, 5.41) is 2.31. The Balaban J connectivity index is 1.87. The van der Waals surface area contributed by atoms with Gasteiger partial charge in [-0.25, -0.2) is 0 Å². The van der Waals surface area contributed by atoms with Crippen LogP contribution in [0, 0.1) is 0 Å². The van der Waals surface area contributed by atoms with Gasteiger partial charge in [0.15, 0.2) is 14.6 Å². The van der Waals surface area contributed by atoms with E-state index in [1.807, 2.05) is 6.92 Å². The number of hydrogen-bond donors (Lipinski definition) is 0. The third kappa shape index (κ3) is 6.27. The van der Waals surface area contributed by atoms with Gasteiger partial charge in [0.2, 0.25) is 0 Å². The summed E-state index contributed by atoms with van der Waals surface area (Å²) in [6.45, 7) is 15.6. The van der Waals surface area contributed by atoms with Crippen LogP contribution in [0.1, 0.15) is 51.2 Å². The highest BCUT2D eigenvalue weighted by atomic mass is 28.4. The Morgan fingerprint density at radius 1 is 1.03 bits per heavy atom. The molecule has 0 radical (unpaired) electrons. The van der Waals surface area contributed by atoms with Gasteiger partial charge < -0.3 is 9.16 Å². The molecule has 1 fully saturated rings. The Morgan fingerprint density at radius 2 is 1.65 bits per heavy atom. The largest absolute Gasteiger partial charge is 0.416 e. The lowest BCUT2D eigenvalue weighted by atomic mass is 9.90. The zero-order chi connectivity index (χ0) is 22.5. The number of rotatable bonds is 9. The van der Waals surface area contributed by atoms with Crippen molar-refractivity contribution >= 4 is 8.32 Å². The van der Waals surface area contributed by atoms with Crippen molar-refractivity contribution in [2.24, 2.45) is 0 Å². The van der Waals surface area contributed by atoms with Crippen LogP contribution in [0.4, 0.5) is 0 Å². The first-order valence-corrected chi connectivity index (χ1v) is 14.4. The average Bonchev–Trinajstić information content (AvgIpc) is 3.11. The van der Waals surface area contributed by atoms with E-state index in [2.05, 4.69) is 99.6 Å². The number of nitrogens with zero attached hydrogens (tertiary/aromatic N) is 1. The molecule has 1 unspecified atom stereocenters. The average molecular weight is 442 g/mol. The molecule has 0 bridgehead atoms. The second kappa shape index (κ2) is 10.4. The van der Waals surface area contributed by atoms with Crippen LogP contribution in [0.25, 0.3) is 0 Å². The molecule has 0 aromatic heterocycles. The normalized spacial score (nSPS) is 21.4. The van der Waals surface area contributed by atoms with E-state index in [1.165, 1.54) is 11.1 Å². The van der Waals surface area contributed by atoms with Crippen LogP contribution in [-0.4, -0.2) is 38.9 Å². The monoisotopic (exact) mass is 441 g/mol. The van der Waals surface area contributed by atoms with Crippen molar-refractivity contribution in [3.05, 3.63) is 71.8 Å². The molecule has 1 aliphatic rings. The first kappa shape index (κ1) is 24.1. The minimum atomic E-state index is -1.87. The van der Waals surface area contributed by atoms with Gasteiger partial charge in [0.05, 0.1) is 0 Å². The van der Waals surface area contributed by atoms with Crippen molar-refractivity contribution in [2.45, 2.75) is 77.0 Å². The summed E-state index contributed by atoms with van der Waals surface area (Å²) in [6, 6.07) is 21.4. The highest BCUT2D eigenvalue weighted by molar-refractivity contribution is 6.74. The smallest absolute Gasteiger partial charge is 0.192 e. The first-order chi connectivity index (χ1) is 14.7. The highest BCUT2D eigenvalue weighted by Gasteiger charge is 2.42. The maximum atomic E-state index is 6.73. The number of hydrogen-bond acceptors (Lipinski definition) is 4. The molecule has 1 saturated heterocycles. The molecule has 1 heterocycles. The fraction of sp³-hybridized carbons (Fsp3) is 0.538. The third-order valence-corrected chi connectivity index (χ3v) is 11.2. The fourth-order valence-electron chi connectivity index (χ4n) is 3.80. The topological polar surface area (TPSA) is 30.9 Å². The Hall–Kier alpha value is -1.50. The fourth-order valence-corrected chi connectivity index (χ4v) is 4.83. The molecule has 170 valence electrons. The van der Waals surface area contributed by atoms with Crippen molar-refractivity contribution in [1.29, 1.82) is 0 Å². The first-order valence-electron chi connectivity index (χ1n) is 11.5.